The number of nitrogens with zero attached hydrogens (tertiary/aromatic N) is 1. The van der Waals surface area contributed by atoms with E-state index in [0.29, 0.717) is 9.34 Å². The molecule has 1 aliphatic heterocycles. The SMILES string of the molecule is O=C1C(c2ccccc2)SC(=S)N1c1ccc(Cl)cc1. The topological polar surface area (TPSA) is 20.3 Å². The third-order valence-corrected chi connectivity index (χ3v) is 4.85. The number of thiocarbonyl (C=S) groups is 1. The Labute approximate surface area is 131 Å². The molecule has 0 spiro atoms. The highest BCUT2D eigenvalue weighted by Crippen LogP contribution is 2.41. The van der Waals surface area contributed by atoms with Crippen molar-refractivity contribution in [1.29, 1.82) is 0 Å². The monoisotopic (exact) mass is 319 g/mol. The molecule has 1 saturated heterocycles. The third kappa shape index (κ3) is 2.46. The van der Waals surface area contributed by atoms with Crippen molar-refractivity contribution < 1.29 is 4.79 Å². The van der Waals surface area contributed by atoms with E-state index >= 15 is 0 Å². The third-order valence-electron chi connectivity index (χ3n) is 3.03. The molecular formula is C15H10ClNOS2. The van der Waals surface area contributed by atoms with Crippen molar-refractivity contribution >= 4 is 51.5 Å². The van der Waals surface area contributed by atoms with Crippen LogP contribution in [0.25, 0.3) is 0 Å². The van der Waals surface area contributed by atoms with Crippen LogP contribution in [0.15, 0.2) is 54.6 Å². The van der Waals surface area contributed by atoms with Gasteiger partial charge in [0.1, 0.15) is 9.57 Å². The van der Waals surface area contributed by atoms with Crippen LogP contribution in [0, 0.1) is 0 Å². The molecule has 2 aromatic carbocycles. The first-order valence-corrected chi connectivity index (χ1v) is 7.68. The van der Waals surface area contributed by atoms with E-state index in [-0.39, 0.29) is 11.2 Å². The molecule has 2 aromatic rings. The quantitative estimate of drug-likeness (QED) is 0.763. The van der Waals surface area contributed by atoms with Gasteiger partial charge < -0.3 is 0 Å². The van der Waals surface area contributed by atoms with Gasteiger partial charge in [-0.15, -0.1) is 0 Å². The number of halogens is 1. The maximum absolute atomic E-state index is 12.6. The standard InChI is InChI=1S/C15H10ClNOS2/c16-11-6-8-12(9-7-11)17-14(18)13(20-15(17)19)10-4-2-1-3-5-10/h1-9,13H. The summed E-state index contributed by atoms with van der Waals surface area (Å²) in [5.74, 6) is -0.00600. The summed E-state index contributed by atoms with van der Waals surface area (Å²) in [5, 5.41) is 0.373. The van der Waals surface area contributed by atoms with Gasteiger partial charge in [-0.25, -0.2) is 0 Å². The summed E-state index contributed by atoms with van der Waals surface area (Å²) in [6.45, 7) is 0. The van der Waals surface area contributed by atoms with Gasteiger partial charge in [-0.1, -0.05) is 65.9 Å². The molecule has 1 atom stereocenters. The number of benzene rings is 2. The molecular weight excluding hydrogens is 310 g/mol. The predicted octanol–water partition coefficient (Wildman–Crippen LogP) is 4.45. The first-order chi connectivity index (χ1) is 9.66. The second kappa shape index (κ2) is 5.56. The van der Waals surface area contributed by atoms with Crippen molar-refractivity contribution in [3.63, 3.8) is 0 Å². The molecule has 1 unspecified atom stereocenters. The number of carbonyl (C=O) groups is 1. The lowest BCUT2D eigenvalue weighted by Gasteiger charge is -2.15. The molecule has 0 radical (unpaired) electrons. The Balaban J connectivity index is 1.93. The van der Waals surface area contributed by atoms with E-state index in [1.54, 1.807) is 29.2 Å². The normalized spacial score (nSPS) is 18.6. The van der Waals surface area contributed by atoms with Crippen molar-refractivity contribution in [3.8, 4) is 0 Å². The number of thioether (sulfide) groups is 1. The fourth-order valence-corrected chi connectivity index (χ4v) is 3.68. The van der Waals surface area contributed by atoms with Gasteiger partial charge in [-0.3, -0.25) is 9.69 Å². The van der Waals surface area contributed by atoms with E-state index in [1.807, 2.05) is 30.3 Å². The smallest absolute Gasteiger partial charge is 0.250 e. The minimum absolute atomic E-state index is 0.00600. The van der Waals surface area contributed by atoms with Gasteiger partial charge in [0, 0.05) is 5.02 Å². The summed E-state index contributed by atoms with van der Waals surface area (Å²) in [6.07, 6.45) is 0. The van der Waals surface area contributed by atoms with E-state index in [9.17, 15) is 4.79 Å². The first-order valence-electron chi connectivity index (χ1n) is 6.02. The molecule has 1 fully saturated rings. The van der Waals surface area contributed by atoms with Crippen molar-refractivity contribution in [1.82, 2.24) is 0 Å². The molecule has 0 saturated carbocycles. The first kappa shape index (κ1) is 13.6. The van der Waals surface area contributed by atoms with Crippen molar-refractivity contribution in [2.24, 2.45) is 0 Å². The van der Waals surface area contributed by atoms with Crippen molar-refractivity contribution in [2.75, 3.05) is 4.90 Å². The molecule has 20 heavy (non-hydrogen) atoms. The zero-order valence-electron chi connectivity index (χ0n) is 10.3. The van der Waals surface area contributed by atoms with Crippen LogP contribution in [-0.4, -0.2) is 10.2 Å². The summed E-state index contributed by atoms with van der Waals surface area (Å²) in [6, 6.07) is 16.8. The minimum Gasteiger partial charge on any atom is -0.272 e. The summed E-state index contributed by atoms with van der Waals surface area (Å²) in [5.41, 5.74) is 1.73. The highest BCUT2D eigenvalue weighted by molar-refractivity contribution is 8.24. The lowest BCUT2D eigenvalue weighted by molar-refractivity contribution is -0.117. The number of carbonyl (C=O) groups excluding carboxylic acids is 1. The van der Waals surface area contributed by atoms with E-state index in [0.717, 1.165) is 11.3 Å². The van der Waals surface area contributed by atoms with Gasteiger partial charge in [0.05, 0.1) is 5.69 Å². The van der Waals surface area contributed by atoms with Crippen LogP contribution in [0.3, 0.4) is 0 Å². The number of hydrogen-bond acceptors (Lipinski definition) is 3. The Morgan fingerprint density at radius 2 is 1.70 bits per heavy atom. The lowest BCUT2D eigenvalue weighted by Crippen LogP contribution is -2.28. The number of hydrogen-bond donors (Lipinski definition) is 0. The highest BCUT2D eigenvalue weighted by atomic mass is 35.5. The van der Waals surface area contributed by atoms with Gasteiger partial charge in [0.25, 0.3) is 5.91 Å². The van der Waals surface area contributed by atoms with Crippen LogP contribution in [-0.2, 0) is 4.79 Å². The minimum atomic E-state index is -0.264. The fourth-order valence-electron chi connectivity index (χ4n) is 2.07. The molecule has 1 heterocycles. The molecule has 3 rings (SSSR count). The summed E-state index contributed by atoms with van der Waals surface area (Å²) >= 11 is 12.6. The Bertz CT molecular complexity index is 657. The van der Waals surface area contributed by atoms with Crippen molar-refractivity contribution in [2.45, 2.75) is 5.25 Å². The van der Waals surface area contributed by atoms with Crippen LogP contribution in [0.1, 0.15) is 10.8 Å². The van der Waals surface area contributed by atoms with E-state index < -0.39 is 0 Å². The van der Waals surface area contributed by atoms with E-state index in [2.05, 4.69) is 0 Å². The van der Waals surface area contributed by atoms with Gasteiger partial charge in [-0.2, -0.15) is 0 Å². The molecule has 0 aliphatic carbocycles. The molecule has 0 aromatic heterocycles. The molecule has 100 valence electrons. The number of rotatable bonds is 2. The van der Waals surface area contributed by atoms with Crippen LogP contribution in [0.4, 0.5) is 5.69 Å². The van der Waals surface area contributed by atoms with Crippen LogP contribution >= 0.6 is 35.6 Å². The second-order valence-corrected chi connectivity index (χ2v) is 6.50. The number of amides is 1. The van der Waals surface area contributed by atoms with Crippen molar-refractivity contribution in [3.05, 3.63) is 65.2 Å². The molecule has 2 nitrogen and oxygen atoms in total. The van der Waals surface area contributed by atoms with E-state index in [1.165, 1.54) is 11.8 Å². The van der Waals surface area contributed by atoms with Gasteiger partial charge in [0.15, 0.2) is 0 Å². The van der Waals surface area contributed by atoms with Crippen LogP contribution in [0.2, 0.25) is 5.02 Å². The maximum atomic E-state index is 12.6. The van der Waals surface area contributed by atoms with E-state index in [4.69, 9.17) is 23.8 Å². The Kier molecular flexibility index (Phi) is 3.78. The predicted molar refractivity (Wildman–Crippen MR) is 88.3 cm³/mol. The fraction of sp³-hybridized carbons (Fsp3) is 0.0667. The average Bonchev–Trinajstić information content (AvgIpc) is 2.76. The molecule has 0 N–H and O–H groups in total. The van der Waals surface area contributed by atoms with Gasteiger partial charge >= 0.3 is 0 Å². The van der Waals surface area contributed by atoms with Crippen LogP contribution < -0.4 is 4.90 Å². The summed E-state index contributed by atoms with van der Waals surface area (Å²) in [7, 11) is 0. The number of anilines is 1. The molecule has 1 aliphatic rings. The Hall–Kier alpha value is -1.36. The second-order valence-electron chi connectivity index (χ2n) is 4.32. The largest absolute Gasteiger partial charge is 0.272 e. The zero-order chi connectivity index (χ0) is 14.1. The molecule has 1 amide bonds. The summed E-state index contributed by atoms with van der Waals surface area (Å²) in [4.78, 5) is 14.2. The average molecular weight is 320 g/mol. The summed E-state index contributed by atoms with van der Waals surface area (Å²) < 4.78 is 0.575. The highest BCUT2D eigenvalue weighted by Gasteiger charge is 2.38. The maximum Gasteiger partial charge on any atom is 0.250 e. The Morgan fingerprint density at radius 3 is 2.35 bits per heavy atom. The molecule has 0 bridgehead atoms. The van der Waals surface area contributed by atoms with Crippen LogP contribution in [0.5, 0.6) is 0 Å². The Morgan fingerprint density at radius 1 is 1.05 bits per heavy atom. The molecule has 5 heteroatoms. The zero-order valence-corrected chi connectivity index (χ0v) is 12.7. The van der Waals surface area contributed by atoms with Gasteiger partial charge in [-0.05, 0) is 29.8 Å². The van der Waals surface area contributed by atoms with Gasteiger partial charge in [0.2, 0.25) is 0 Å². The lowest BCUT2D eigenvalue weighted by atomic mass is 10.1.